The van der Waals surface area contributed by atoms with Crippen LogP contribution >= 0.6 is 11.8 Å². The lowest BCUT2D eigenvalue weighted by Gasteiger charge is -2.32. The van der Waals surface area contributed by atoms with Crippen LogP contribution in [0.5, 0.6) is 0 Å². The summed E-state index contributed by atoms with van der Waals surface area (Å²) in [5.74, 6) is 1.49. The van der Waals surface area contributed by atoms with Gasteiger partial charge in [0.05, 0.1) is 0 Å². The lowest BCUT2D eigenvalue weighted by Crippen LogP contribution is -2.41. The summed E-state index contributed by atoms with van der Waals surface area (Å²) in [5.41, 5.74) is 5.56. The third-order valence-corrected chi connectivity index (χ3v) is 3.70. The summed E-state index contributed by atoms with van der Waals surface area (Å²) >= 11 is 1.87. The van der Waals surface area contributed by atoms with Gasteiger partial charge in [0.1, 0.15) is 5.84 Å². The zero-order valence-corrected chi connectivity index (χ0v) is 11.6. The van der Waals surface area contributed by atoms with E-state index in [9.17, 15) is 0 Å². The maximum atomic E-state index is 8.58. The largest absolute Gasteiger partial charge is 0.409 e. The van der Waals surface area contributed by atoms with E-state index >= 15 is 0 Å². The van der Waals surface area contributed by atoms with Gasteiger partial charge in [-0.1, -0.05) is 12.1 Å². The van der Waals surface area contributed by atoms with Gasteiger partial charge in [-0.2, -0.15) is 11.8 Å². The van der Waals surface area contributed by atoms with E-state index in [4.69, 9.17) is 10.9 Å². The van der Waals surface area contributed by atoms with Gasteiger partial charge in [-0.25, -0.2) is 0 Å². The van der Waals surface area contributed by atoms with Crippen LogP contribution in [0.1, 0.15) is 33.1 Å². The van der Waals surface area contributed by atoms with Gasteiger partial charge in [0.15, 0.2) is 0 Å². The molecular weight excluding hydrogens is 222 g/mol. The minimum absolute atomic E-state index is 0.316. The third-order valence-electron chi connectivity index (χ3n) is 3.06. The Hall–Kier alpha value is -0.420. The van der Waals surface area contributed by atoms with Crippen LogP contribution in [-0.4, -0.2) is 47.1 Å². The standard InChI is InChI=1S/C11H25N3OS/c1-5-10(8-11(12)13-15)14(3)9(2)6-7-16-4/h9-10,15H,5-8H2,1-4H3,(H2,12,13). The minimum atomic E-state index is 0.316. The van der Waals surface area contributed by atoms with Crippen LogP contribution in [0, 0.1) is 0 Å². The highest BCUT2D eigenvalue weighted by Gasteiger charge is 2.19. The molecular formula is C11H25N3OS. The van der Waals surface area contributed by atoms with Crippen molar-refractivity contribution in [1.82, 2.24) is 4.90 Å². The van der Waals surface area contributed by atoms with Gasteiger partial charge < -0.3 is 15.8 Å². The summed E-state index contributed by atoms with van der Waals surface area (Å²) in [4.78, 5) is 2.33. The van der Waals surface area contributed by atoms with Crippen molar-refractivity contribution in [2.24, 2.45) is 10.9 Å². The predicted octanol–water partition coefficient (Wildman–Crippen LogP) is 1.97. The van der Waals surface area contributed by atoms with E-state index in [1.54, 1.807) is 0 Å². The third kappa shape index (κ3) is 5.61. The highest BCUT2D eigenvalue weighted by molar-refractivity contribution is 7.98. The van der Waals surface area contributed by atoms with Crippen LogP contribution in [0.25, 0.3) is 0 Å². The number of rotatable bonds is 8. The van der Waals surface area contributed by atoms with Crippen molar-refractivity contribution in [1.29, 1.82) is 0 Å². The number of nitrogens with zero attached hydrogens (tertiary/aromatic N) is 2. The second-order valence-corrected chi connectivity index (χ2v) is 5.14. The summed E-state index contributed by atoms with van der Waals surface area (Å²) < 4.78 is 0. The average Bonchev–Trinajstić information content (AvgIpc) is 2.31. The molecule has 0 saturated heterocycles. The molecule has 5 heteroatoms. The lowest BCUT2D eigenvalue weighted by atomic mass is 10.1. The van der Waals surface area contributed by atoms with Crippen LogP contribution in [0.4, 0.5) is 0 Å². The maximum Gasteiger partial charge on any atom is 0.140 e. The van der Waals surface area contributed by atoms with Gasteiger partial charge in [0.2, 0.25) is 0 Å². The molecule has 0 heterocycles. The molecule has 0 aliphatic carbocycles. The Kier molecular flexibility index (Phi) is 8.47. The highest BCUT2D eigenvalue weighted by Crippen LogP contribution is 2.14. The van der Waals surface area contributed by atoms with Crippen molar-refractivity contribution in [2.75, 3.05) is 19.1 Å². The molecule has 2 atom stereocenters. The number of hydrogen-bond acceptors (Lipinski definition) is 4. The molecule has 3 N–H and O–H groups in total. The van der Waals surface area contributed by atoms with Gasteiger partial charge in [-0.3, -0.25) is 0 Å². The van der Waals surface area contributed by atoms with Crippen molar-refractivity contribution in [3.05, 3.63) is 0 Å². The molecule has 0 spiro atoms. The van der Waals surface area contributed by atoms with Crippen molar-refractivity contribution >= 4 is 17.6 Å². The zero-order valence-electron chi connectivity index (χ0n) is 10.8. The molecule has 0 radical (unpaired) electrons. The van der Waals surface area contributed by atoms with Gasteiger partial charge in [0.25, 0.3) is 0 Å². The number of nitrogens with two attached hydrogens (primary N) is 1. The van der Waals surface area contributed by atoms with E-state index in [-0.39, 0.29) is 0 Å². The summed E-state index contributed by atoms with van der Waals surface area (Å²) in [6.07, 6.45) is 4.94. The maximum absolute atomic E-state index is 8.58. The summed E-state index contributed by atoms with van der Waals surface area (Å²) in [6, 6.07) is 0.886. The van der Waals surface area contributed by atoms with Crippen LogP contribution in [-0.2, 0) is 0 Å². The molecule has 96 valence electrons. The first-order chi connectivity index (χ1) is 7.56. The van der Waals surface area contributed by atoms with Crippen molar-refractivity contribution in [3.63, 3.8) is 0 Å². The predicted molar refractivity (Wildman–Crippen MR) is 72.3 cm³/mol. The fourth-order valence-corrected chi connectivity index (χ4v) is 2.29. The number of hydrogen-bond donors (Lipinski definition) is 2. The second-order valence-electron chi connectivity index (χ2n) is 4.15. The Morgan fingerprint density at radius 1 is 1.56 bits per heavy atom. The molecule has 0 fully saturated rings. The van der Waals surface area contributed by atoms with Crippen molar-refractivity contribution < 1.29 is 5.21 Å². The number of amidine groups is 1. The molecule has 0 saturated carbocycles. The molecule has 0 amide bonds. The number of oxime groups is 1. The molecule has 16 heavy (non-hydrogen) atoms. The molecule has 0 bridgehead atoms. The zero-order chi connectivity index (χ0) is 12.6. The Balaban J connectivity index is 4.23. The monoisotopic (exact) mass is 247 g/mol. The van der Waals surface area contributed by atoms with E-state index in [0.717, 1.165) is 6.42 Å². The van der Waals surface area contributed by atoms with Crippen LogP contribution in [0.15, 0.2) is 5.16 Å². The Labute approximate surface area is 103 Å². The van der Waals surface area contributed by atoms with Gasteiger partial charge in [0, 0.05) is 18.5 Å². The molecule has 0 aromatic heterocycles. The Morgan fingerprint density at radius 2 is 2.19 bits per heavy atom. The SMILES string of the molecule is CCC(CC(N)=NO)N(C)C(C)CCSC. The van der Waals surface area contributed by atoms with E-state index in [1.807, 2.05) is 11.8 Å². The molecule has 2 unspecified atom stereocenters. The Bertz CT molecular complexity index is 211. The molecule has 4 nitrogen and oxygen atoms in total. The Morgan fingerprint density at radius 3 is 2.62 bits per heavy atom. The fourth-order valence-electron chi connectivity index (χ4n) is 1.71. The minimum Gasteiger partial charge on any atom is -0.409 e. The lowest BCUT2D eigenvalue weighted by molar-refractivity contribution is 0.178. The molecule has 0 aliphatic heterocycles. The average molecular weight is 247 g/mol. The first kappa shape index (κ1) is 15.6. The van der Waals surface area contributed by atoms with Gasteiger partial charge in [-0.05, 0) is 38.8 Å². The molecule has 0 rings (SSSR count). The van der Waals surface area contributed by atoms with Gasteiger partial charge >= 0.3 is 0 Å². The van der Waals surface area contributed by atoms with Crippen LogP contribution in [0.3, 0.4) is 0 Å². The van der Waals surface area contributed by atoms with Gasteiger partial charge in [-0.15, -0.1) is 0 Å². The summed E-state index contributed by atoms with van der Waals surface area (Å²) in [7, 11) is 2.11. The normalized spacial score (nSPS) is 16.4. The van der Waals surface area contributed by atoms with E-state index in [2.05, 4.69) is 37.2 Å². The summed E-state index contributed by atoms with van der Waals surface area (Å²) in [6.45, 7) is 4.36. The van der Waals surface area contributed by atoms with Crippen LogP contribution < -0.4 is 5.73 Å². The number of thioether (sulfide) groups is 1. The van der Waals surface area contributed by atoms with Crippen molar-refractivity contribution in [2.45, 2.75) is 45.2 Å². The smallest absolute Gasteiger partial charge is 0.140 e. The second kappa shape index (κ2) is 8.70. The van der Waals surface area contributed by atoms with E-state index in [0.29, 0.717) is 24.3 Å². The molecule has 0 aromatic carbocycles. The summed E-state index contributed by atoms with van der Waals surface area (Å²) in [5, 5.41) is 11.6. The topological polar surface area (TPSA) is 61.9 Å². The highest BCUT2D eigenvalue weighted by atomic mass is 32.2. The van der Waals surface area contributed by atoms with E-state index < -0.39 is 0 Å². The molecule has 0 aromatic rings. The quantitative estimate of drug-likeness (QED) is 0.298. The first-order valence-corrected chi connectivity index (χ1v) is 7.13. The fraction of sp³-hybridized carbons (Fsp3) is 0.909. The molecule has 0 aliphatic rings. The first-order valence-electron chi connectivity index (χ1n) is 5.74. The van der Waals surface area contributed by atoms with Crippen LogP contribution in [0.2, 0.25) is 0 Å². The van der Waals surface area contributed by atoms with Crippen molar-refractivity contribution in [3.8, 4) is 0 Å². The van der Waals surface area contributed by atoms with E-state index in [1.165, 1.54) is 12.2 Å².